The van der Waals surface area contributed by atoms with Gasteiger partial charge in [-0.05, 0) is 11.6 Å². The number of rotatable bonds is 3. The fourth-order valence-corrected chi connectivity index (χ4v) is 1.43. The maximum Gasteiger partial charge on any atom is 5.00 e. The second-order valence-electron chi connectivity index (χ2n) is 3.39. The number of halogens is 6. The maximum atomic E-state index is 2.16. The minimum Gasteiger partial charge on any atom is -1.00 e. The molecule has 0 aliphatic rings. The minimum atomic E-state index is 0. The van der Waals surface area contributed by atoms with Crippen molar-refractivity contribution in [3.05, 3.63) is 72.6 Å². The van der Waals surface area contributed by atoms with Gasteiger partial charge in [0, 0.05) is 12.1 Å². The van der Waals surface area contributed by atoms with Crippen LogP contribution < -0.4 is 32.8 Å². The zero-order chi connectivity index (χ0) is 10.3. The van der Waals surface area contributed by atoms with Gasteiger partial charge in [-0.15, -0.1) is 0 Å². The van der Waals surface area contributed by atoms with E-state index in [1.165, 1.54) is 5.56 Å². The van der Waals surface area contributed by atoms with Crippen LogP contribution in [0.1, 0.15) is 5.56 Å². The quantitative estimate of drug-likeness (QED) is 0.258. The summed E-state index contributed by atoms with van der Waals surface area (Å²) in [6.07, 6.45) is 8.43. The van der Waals surface area contributed by atoms with Crippen molar-refractivity contribution in [1.82, 2.24) is 0 Å². The summed E-state index contributed by atoms with van der Waals surface area (Å²) >= 11 is 0. The van der Waals surface area contributed by atoms with Crippen LogP contribution in [-0.4, -0.2) is 24.4 Å². The predicted octanol–water partition coefficient (Wildman–Crippen LogP) is -15.7. The molecule has 22 heavy (non-hydrogen) atoms. The van der Waals surface area contributed by atoms with E-state index >= 15 is 0 Å². The van der Waals surface area contributed by atoms with Crippen LogP contribution >= 0.6 is 0 Å². The molecule has 1 aromatic carbocycles. The van der Waals surface area contributed by atoms with Crippen molar-refractivity contribution in [2.45, 2.75) is 6.54 Å². The Morgan fingerprint density at radius 1 is 0.682 bits per heavy atom. The van der Waals surface area contributed by atoms with Crippen molar-refractivity contribution >= 4 is 30.5 Å². The van der Waals surface area contributed by atoms with Crippen molar-refractivity contribution in [3.8, 4) is 0 Å². The summed E-state index contributed by atoms with van der Waals surface area (Å²) in [5, 5.41) is 0. The first-order valence-corrected chi connectivity index (χ1v) is 5.11. The SMILES string of the molecule is C(=Cc1ccccc1)C[n+]1ccccc1.[F-].[F-].[F-].[F-].[F-].[F-].[Sb+5]. The Morgan fingerprint density at radius 3 is 1.64 bits per heavy atom. The topological polar surface area (TPSA) is 3.88 Å². The van der Waals surface area contributed by atoms with Gasteiger partial charge in [-0.3, -0.25) is 0 Å². The van der Waals surface area contributed by atoms with E-state index in [4.69, 9.17) is 0 Å². The zero-order valence-electron chi connectivity index (χ0n) is 11.3. The molecule has 2 aromatic rings. The van der Waals surface area contributed by atoms with E-state index in [-0.39, 0.29) is 52.7 Å². The molecule has 1 nitrogen and oxygen atoms in total. The number of hydrogen-bond acceptors (Lipinski definition) is 0. The molecule has 0 aliphatic heterocycles. The van der Waals surface area contributed by atoms with Crippen LogP contribution in [0, 0.1) is 0 Å². The number of hydrogen-bond donors (Lipinski definition) is 0. The van der Waals surface area contributed by atoms with E-state index in [9.17, 15) is 0 Å². The van der Waals surface area contributed by atoms with Crippen molar-refractivity contribution in [3.63, 3.8) is 0 Å². The van der Waals surface area contributed by atoms with Crippen LogP contribution in [0.25, 0.3) is 6.08 Å². The van der Waals surface area contributed by atoms with Crippen LogP contribution in [0.2, 0.25) is 0 Å². The normalized spacial score (nSPS) is 7.27. The summed E-state index contributed by atoms with van der Waals surface area (Å²) in [6, 6.07) is 16.4. The summed E-state index contributed by atoms with van der Waals surface area (Å²) in [4.78, 5) is 0. The van der Waals surface area contributed by atoms with E-state index < -0.39 is 0 Å². The molecule has 0 unspecified atom stereocenters. The third-order valence-electron chi connectivity index (χ3n) is 2.20. The number of pyridine rings is 1. The standard InChI is InChI=1S/C14H14N.6FH.Sb/c1-3-8-14(9-4-1)10-7-13-15-11-5-2-6-12-15;;;;;;;/h1-12H,13H2;6*1H;/q+1;;;;;;;+5/p-6. The molecule has 0 N–H and O–H groups in total. The molecule has 0 spiro atoms. The Kier molecular flexibility index (Phi) is 36.7. The Bertz CT molecular complexity index is 442. The van der Waals surface area contributed by atoms with Crippen LogP contribution in [0.4, 0.5) is 0 Å². The monoisotopic (exact) mass is 431 g/mol. The minimum absolute atomic E-state index is 0. The summed E-state index contributed by atoms with van der Waals surface area (Å²) in [5.41, 5.74) is 1.24. The maximum absolute atomic E-state index is 2.16. The van der Waals surface area contributed by atoms with Gasteiger partial charge in [-0.1, -0.05) is 42.5 Å². The van der Waals surface area contributed by atoms with E-state index in [1.54, 1.807) is 0 Å². The molecule has 1 aromatic heterocycles. The van der Waals surface area contributed by atoms with Crippen molar-refractivity contribution in [2.24, 2.45) is 0 Å². The molecule has 0 fully saturated rings. The van der Waals surface area contributed by atoms with Gasteiger partial charge in [-0.25, -0.2) is 4.57 Å². The van der Waals surface area contributed by atoms with Gasteiger partial charge in [0.15, 0.2) is 18.9 Å². The molecular formula is C14H14F6NSb. The van der Waals surface area contributed by atoms with Crippen LogP contribution in [0.5, 0.6) is 0 Å². The van der Waals surface area contributed by atoms with Gasteiger partial charge in [0.2, 0.25) is 0 Å². The number of benzene rings is 1. The third-order valence-corrected chi connectivity index (χ3v) is 2.20. The molecule has 0 saturated carbocycles. The molecule has 122 valence electrons. The molecule has 2 rings (SSSR count). The van der Waals surface area contributed by atoms with E-state index in [2.05, 4.69) is 53.4 Å². The van der Waals surface area contributed by atoms with Crippen molar-refractivity contribution in [1.29, 1.82) is 0 Å². The first kappa shape index (κ1) is 37.1. The first-order valence-electron chi connectivity index (χ1n) is 5.11. The fraction of sp³-hybridized carbons (Fsp3) is 0.0714. The molecule has 0 atom stereocenters. The summed E-state index contributed by atoms with van der Waals surface area (Å²) in [7, 11) is 0. The molecule has 0 amide bonds. The van der Waals surface area contributed by atoms with Crippen LogP contribution in [0.3, 0.4) is 0 Å². The second kappa shape index (κ2) is 21.8. The summed E-state index contributed by atoms with van der Waals surface area (Å²) in [5.74, 6) is 0. The van der Waals surface area contributed by atoms with Gasteiger partial charge < -0.3 is 28.2 Å². The molecule has 1 heterocycles. The second-order valence-corrected chi connectivity index (χ2v) is 3.39. The van der Waals surface area contributed by atoms with Crippen LogP contribution in [0.15, 0.2) is 67.0 Å². The molecule has 0 saturated heterocycles. The van der Waals surface area contributed by atoms with Gasteiger partial charge >= 0.3 is 24.4 Å². The van der Waals surface area contributed by atoms with E-state index in [1.807, 2.05) is 24.3 Å². The summed E-state index contributed by atoms with van der Waals surface area (Å²) in [6.45, 7) is 0.912. The van der Waals surface area contributed by atoms with Crippen molar-refractivity contribution < 1.29 is 32.8 Å². The smallest absolute Gasteiger partial charge is 1.00 e. The average molecular weight is 432 g/mol. The third kappa shape index (κ3) is 13.5. The Balaban J connectivity index is -0.0000000914. The van der Waals surface area contributed by atoms with E-state index in [0.29, 0.717) is 0 Å². The molecule has 0 radical (unpaired) electrons. The number of aromatic nitrogens is 1. The van der Waals surface area contributed by atoms with Gasteiger partial charge in [0.05, 0.1) is 0 Å². The largest absolute Gasteiger partial charge is 5.00 e. The van der Waals surface area contributed by atoms with Gasteiger partial charge in [-0.2, -0.15) is 0 Å². The van der Waals surface area contributed by atoms with Crippen LogP contribution in [-0.2, 0) is 6.54 Å². The number of allylic oxidation sites excluding steroid dienone is 1. The predicted molar refractivity (Wildman–Crippen MR) is 67.9 cm³/mol. The molecule has 8 heteroatoms. The average Bonchev–Trinajstić information content (AvgIpc) is 2.32. The summed E-state index contributed by atoms with van der Waals surface area (Å²) < 4.78 is 2.14. The zero-order valence-corrected chi connectivity index (χ0v) is 13.9. The van der Waals surface area contributed by atoms with Gasteiger partial charge in [0.1, 0.15) is 0 Å². The van der Waals surface area contributed by atoms with Crippen molar-refractivity contribution in [2.75, 3.05) is 0 Å². The fourth-order valence-electron chi connectivity index (χ4n) is 1.43. The Morgan fingerprint density at radius 2 is 1.14 bits per heavy atom. The first-order chi connectivity index (χ1) is 7.45. The molecule has 0 aliphatic carbocycles. The Labute approximate surface area is 142 Å². The number of nitrogens with zero attached hydrogens (tertiary/aromatic N) is 1. The Hall–Kier alpha value is -1.49. The molecular weight excluding hydrogens is 418 g/mol. The van der Waals surface area contributed by atoms with E-state index in [0.717, 1.165) is 6.54 Å². The molecule has 0 bridgehead atoms. The van der Waals surface area contributed by atoms with Gasteiger partial charge in [0.25, 0.3) is 0 Å².